The Labute approximate surface area is 72.6 Å². The quantitative estimate of drug-likeness (QED) is 0.365. The van der Waals surface area contributed by atoms with Gasteiger partial charge in [0.1, 0.15) is 0 Å². The van der Waals surface area contributed by atoms with Crippen LogP contribution in [-0.2, 0) is 9.53 Å². The van der Waals surface area contributed by atoms with Crippen LogP contribution in [0.1, 0.15) is 20.3 Å². The molecule has 0 amide bonds. The van der Waals surface area contributed by atoms with Gasteiger partial charge >= 0.3 is 5.97 Å². The second-order valence-electron chi connectivity index (χ2n) is 2.90. The van der Waals surface area contributed by atoms with E-state index in [-0.39, 0.29) is 0 Å². The molecule has 3 heteroatoms. The van der Waals surface area contributed by atoms with Crippen LogP contribution in [-0.4, -0.2) is 13.1 Å². The zero-order chi connectivity index (χ0) is 9.56. The summed E-state index contributed by atoms with van der Waals surface area (Å²) in [6.45, 7) is 3.98. The summed E-state index contributed by atoms with van der Waals surface area (Å²) in [4.78, 5) is 10.7. The first-order valence-corrected chi connectivity index (χ1v) is 3.78. The van der Waals surface area contributed by atoms with Crippen molar-refractivity contribution >= 4 is 5.97 Å². The van der Waals surface area contributed by atoms with Crippen molar-refractivity contribution in [3.8, 4) is 6.07 Å². The van der Waals surface area contributed by atoms with Crippen LogP contribution in [0.4, 0.5) is 0 Å². The Balaban J connectivity index is 4.26. The molecule has 0 spiro atoms. The third-order valence-corrected chi connectivity index (χ3v) is 1.27. The first-order chi connectivity index (χ1) is 5.60. The molecule has 0 saturated carbocycles. The molecule has 0 bridgehead atoms. The van der Waals surface area contributed by atoms with Crippen LogP contribution in [0.25, 0.3) is 0 Å². The van der Waals surface area contributed by atoms with Gasteiger partial charge in [0, 0.05) is 11.6 Å². The third-order valence-electron chi connectivity index (χ3n) is 1.27. The van der Waals surface area contributed by atoms with E-state index >= 15 is 0 Å². The topological polar surface area (TPSA) is 50.1 Å². The molecule has 0 aliphatic heterocycles. The second-order valence-corrected chi connectivity index (χ2v) is 2.90. The highest BCUT2D eigenvalue weighted by Crippen LogP contribution is 2.09. The summed E-state index contributed by atoms with van der Waals surface area (Å²) in [5.74, 6) is -0.0900. The van der Waals surface area contributed by atoms with Gasteiger partial charge in [0.25, 0.3) is 0 Å². The zero-order valence-corrected chi connectivity index (χ0v) is 7.63. The highest BCUT2D eigenvalue weighted by Gasteiger charge is 2.03. The minimum absolute atomic E-state index is 0.376. The van der Waals surface area contributed by atoms with Gasteiger partial charge in [0.15, 0.2) is 0 Å². The lowest BCUT2D eigenvalue weighted by Crippen LogP contribution is -1.98. The molecule has 0 aromatic carbocycles. The summed E-state index contributed by atoms with van der Waals surface area (Å²) in [6.07, 6.45) is 1.85. The van der Waals surface area contributed by atoms with E-state index in [1.165, 1.54) is 13.2 Å². The van der Waals surface area contributed by atoms with Crippen LogP contribution in [0.15, 0.2) is 11.6 Å². The molecule has 12 heavy (non-hydrogen) atoms. The van der Waals surface area contributed by atoms with Crippen molar-refractivity contribution in [3.05, 3.63) is 11.6 Å². The molecule has 0 aromatic heterocycles. The lowest BCUT2D eigenvalue weighted by molar-refractivity contribution is -0.134. The molecule has 0 fully saturated rings. The maximum absolute atomic E-state index is 10.7. The predicted octanol–water partition coefficient (Wildman–Crippen LogP) is 1.66. The lowest BCUT2D eigenvalue weighted by atomic mass is 10.0. The highest BCUT2D eigenvalue weighted by molar-refractivity contribution is 5.83. The molecular weight excluding hydrogens is 154 g/mol. The average molecular weight is 167 g/mol. The van der Waals surface area contributed by atoms with E-state index in [4.69, 9.17) is 5.26 Å². The molecule has 0 aromatic rings. The molecule has 0 N–H and O–H groups in total. The standard InChI is InChI=1S/C9H13NO2/c1-7(2)4-8(6-10)5-9(11)12-3/h5,7H,4H2,1-3H3. The molecular formula is C9H13NO2. The maximum atomic E-state index is 10.7. The molecule has 0 rings (SSSR count). The second kappa shape index (κ2) is 5.36. The van der Waals surface area contributed by atoms with Gasteiger partial charge in [-0.3, -0.25) is 0 Å². The van der Waals surface area contributed by atoms with Gasteiger partial charge in [-0.05, 0) is 12.3 Å². The number of allylic oxidation sites excluding steroid dienone is 1. The van der Waals surface area contributed by atoms with Crippen molar-refractivity contribution < 1.29 is 9.53 Å². The van der Waals surface area contributed by atoms with E-state index in [0.29, 0.717) is 17.9 Å². The van der Waals surface area contributed by atoms with Crippen molar-refractivity contribution in [3.63, 3.8) is 0 Å². The van der Waals surface area contributed by atoms with Gasteiger partial charge in [0.2, 0.25) is 0 Å². The fraction of sp³-hybridized carbons (Fsp3) is 0.556. The monoisotopic (exact) mass is 167 g/mol. The number of esters is 1. The number of nitriles is 1. The first-order valence-electron chi connectivity index (χ1n) is 3.78. The van der Waals surface area contributed by atoms with E-state index in [2.05, 4.69) is 4.74 Å². The van der Waals surface area contributed by atoms with Crippen LogP contribution in [0.5, 0.6) is 0 Å². The Hall–Kier alpha value is -1.30. The lowest BCUT2D eigenvalue weighted by Gasteiger charge is -2.01. The number of methoxy groups -OCH3 is 1. The average Bonchev–Trinajstić information content (AvgIpc) is 2.02. The summed E-state index contributed by atoms with van der Waals surface area (Å²) in [6, 6.07) is 1.96. The van der Waals surface area contributed by atoms with E-state index in [1.54, 1.807) is 0 Å². The Morgan fingerprint density at radius 3 is 2.58 bits per heavy atom. The van der Waals surface area contributed by atoms with Gasteiger partial charge in [-0.15, -0.1) is 0 Å². The Morgan fingerprint density at radius 2 is 2.25 bits per heavy atom. The van der Waals surface area contributed by atoms with Crippen LogP contribution in [0.3, 0.4) is 0 Å². The number of hydrogen-bond acceptors (Lipinski definition) is 3. The van der Waals surface area contributed by atoms with Gasteiger partial charge in [0.05, 0.1) is 13.2 Å². The van der Waals surface area contributed by atoms with Crippen LogP contribution < -0.4 is 0 Å². The number of nitrogens with zero attached hydrogens (tertiary/aromatic N) is 1. The zero-order valence-electron chi connectivity index (χ0n) is 7.63. The third kappa shape index (κ3) is 4.51. The van der Waals surface area contributed by atoms with E-state index in [1.807, 2.05) is 19.9 Å². The number of carbonyl (C=O) groups is 1. The first kappa shape index (κ1) is 10.7. The Bertz CT molecular complexity index is 223. The summed E-state index contributed by atoms with van der Waals surface area (Å²) in [5, 5.41) is 8.59. The van der Waals surface area contributed by atoms with E-state index < -0.39 is 5.97 Å². The van der Waals surface area contributed by atoms with Gasteiger partial charge in [-0.1, -0.05) is 13.8 Å². The smallest absolute Gasteiger partial charge is 0.331 e. The molecule has 0 atom stereocenters. The Morgan fingerprint density at radius 1 is 1.67 bits per heavy atom. The molecule has 0 aliphatic rings. The van der Waals surface area contributed by atoms with Gasteiger partial charge < -0.3 is 4.74 Å². The molecule has 0 unspecified atom stereocenters. The SMILES string of the molecule is COC(=O)C=C(C#N)CC(C)C. The van der Waals surface area contributed by atoms with Crippen LogP contribution in [0, 0.1) is 17.2 Å². The number of hydrogen-bond donors (Lipinski definition) is 0. The Kier molecular flexibility index (Phi) is 4.78. The number of rotatable bonds is 3. The molecule has 0 aliphatic carbocycles. The summed E-state index contributed by atoms with van der Waals surface area (Å²) >= 11 is 0. The van der Waals surface area contributed by atoms with Crippen molar-refractivity contribution in [1.82, 2.24) is 0 Å². The van der Waals surface area contributed by atoms with Gasteiger partial charge in [-0.2, -0.15) is 5.26 Å². The summed E-state index contributed by atoms with van der Waals surface area (Å²) in [7, 11) is 1.29. The fourth-order valence-electron chi connectivity index (χ4n) is 0.778. The molecule has 0 radical (unpaired) electrons. The van der Waals surface area contributed by atoms with Crippen molar-refractivity contribution in [2.24, 2.45) is 5.92 Å². The summed E-state index contributed by atoms with van der Waals surface area (Å²) < 4.78 is 4.40. The van der Waals surface area contributed by atoms with Crippen molar-refractivity contribution in [2.75, 3.05) is 7.11 Å². The van der Waals surface area contributed by atoms with E-state index in [9.17, 15) is 4.79 Å². The maximum Gasteiger partial charge on any atom is 0.331 e. The van der Waals surface area contributed by atoms with Crippen LogP contribution in [0.2, 0.25) is 0 Å². The number of carbonyl (C=O) groups excluding carboxylic acids is 1. The predicted molar refractivity (Wildman–Crippen MR) is 45.2 cm³/mol. The van der Waals surface area contributed by atoms with Gasteiger partial charge in [-0.25, -0.2) is 4.79 Å². The van der Waals surface area contributed by atoms with Crippen molar-refractivity contribution in [2.45, 2.75) is 20.3 Å². The largest absolute Gasteiger partial charge is 0.466 e. The highest BCUT2D eigenvalue weighted by atomic mass is 16.5. The minimum Gasteiger partial charge on any atom is -0.466 e. The number of ether oxygens (including phenoxy) is 1. The summed E-state index contributed by atoms with van der Waals surface area (Å²) in [5.41, 5.74) is 0.469. The normalized spacial score (nSPS) is 11.1. The molecule has 3 nitrogen and oxygen atoms in total. The minimum atomic E-state index is -0.466. The van der Waals surface area contributed by atoms with Crippen LogP contribution >= 0.6 is 0 Å². The van der Waals surface area contributed by atoms with Crippen molar-refractivity contribution in [1.29, 1.82) is 5.26 Å². The molecule has 0 heterocycles. The molecule has 66 valence electrons. The van der Waals surface area contributed by atoms with E-state index in [0.717, 1.165) is 0 Å². The molecule has 0 saturated heterocycles. The fourth-order valence-corrected chi connectivity index (χ4v) is 0.778.